The van der Waals surface area contributed by atoms with E-state index in [1.54, 1.807) is 36.3 Å². The van der Waals surface area contributed by atoms with Gasteiger partial charge in [-0.15, -0.1) is 0 Å². The Morgan fingerprint density at radius 3 is 2.34 bits per heavy atom. The number of carbonyl (C=O) groups excluding carboxylic acids is 1. The fraction of sp³-hybridized carbons (Fsp3) is 0.435. The number of nitrogens with one attached hydrogen (secondary N) is 1. The Labute approximate surface area is 190 Å². The van der Waals surface area contributed by atoms with Gasteiger partial charge in [-0.2, -0.15) is 0 Å². The minimum Gasteiger partial charge on any atom is -0.493 e. The molecule has 9 heteroatoms. The number of amides is 2. The second kappa shape index (κ2) is 10.1. The molecule has 3 rings (SSSR count). The molecule has 0 aromatic heterocycles. The van der Waals surface area contributed by atoms with Crippen LogP contribution in [-0.4, -0.2) is 53.2 Å². The number of hydrogen-bond donors (Lipinski definition) is 1. The van der Waals surface area contributed by atoms with Gasteiger partial charge >= 0.3 is 6.03 Å². The van der Waals surface area contributed by atoms with Crippen LogP contribution in [0.1, 0.15) is 32.3 Å². The van der Waals surface area contributed by atoms with E-state index in [0.29, 0.717) is 42.4 Å². The second-order valence-corrected chi connectivity index (χ2v) is 9.28. The van der Waals surface area contributed by atoms with E-state index in [2.05, 4.69) is 11.6 Å². The van der Waals surface area contributed by atoms with Crippen molar-refractivity contribution in [1.29, 1.82) is 0 Å². The van der Waals surface area contributed by atoms with Crippen molar-refractivity contribution in [3.63, 3.8) is 0 Å². The summed E-state index contributed by atoms with van der Waals surface area (Å²) >= 11 is 0. The molecule has 2 amide bonds. The molecule has 8 nitrogen and oxygen atoms in total. The molecule has 0 radical (unpaired) electrons. The van der Waals surface area contributed by atoms with E-state index in [4.69, 9.17) is 9.47 Å². The molecule has 0 saturated carbocycles. The monoisotopic (exact) mass is 461 g/mol. The lowest BCUT2D eigenvalue weighted by Crippen LogP contribution is -2.32. The summed E-state index contributed by atoms with van der Waals surface area (Å²) in [6, 6.07) is 9.66. The molecule has 0 bridgehead atoms. The van der Waals surface area contributed by atoms with Crippen LogP contribution in [0.2, 0.25) is 0 Å². The molecule has 32 heavy (non-hydrogen) atoms. The fourth-order valence-electron chi connectivity index (χ4n) is 3.76. The number of nitrogens with zero attached hydrogens (tertiary/aromatic N) is 2. The molecule has 0 unspecified atom stereocenters. The summed E-state index contributed by atoms with van der Waals surface area (Å²) in [7, 11) is -0.756. The zero-order valence-electron chi connectivity index (χ0n) is 19.1. The van der Waals surface area contributed by atoms with Crippen LogP contribution in [0.5, 0.6) is 11.5 Å². The van der Waals surface area contributed by atoms with Gasteiger partial charge in [0.05, 0.1) is 24.8 Å². The number of urea groups is 1. The van der Waals surface area contributed by atoms with Crippen LogP contribution in [0, 0.1) is 0 Å². The average Bonchev–Trinajstić information content (AvgIpc) is 3.16. The maximum atomic E-state index is 13.0. The Hall–Kier alpha value is -2.94. The molecule has 174 valence electrons. The molecule has 2 aromatic rings. The summed E-state index contributed by atoms with van der Waals surface area (Å²) in [5, 5.41) is 0. The van der Waals surface area contributed by atoms with E-state index < -0.39 is 10.0 Å². The van der Waals surface area contributed by atoms with Crippen molar-refractivity contribution >= 4 is 27.4 Å². The van der Waals surface area contributed by atoms with Gasteiger partial charge in [-0.3, -0.25) is 9.62 Å². The maximum Gasteiger partial charge on any atom is 0.324 e. The van der Waals surface area contributed by atoms with Gasteiger partial charge < -0.3 is 14.4 Å². The summed E-state index contributed by atoms with van der Waals surface area (Å²) in [6.45, 7) is 6.07. The SMILES string of the molecule is CCCCN1CCN(c2ccc(S(=O)(=O)Nc3cc(CC)c(OC)c(OC)c3)cc2)C1=O. The van der Waals surface area contributed by atoms with Crippen molar-refractivity contribution < 1.29 is 22.7 Å². The first-order valence-electron chi connectivity index (χ1n) is 10.8. The summed E-state index contributed by atoms with van der Waals surface area (Å²) in [4.78, 5) is 16.2. The highest BCUT2D eigenvalue weighted by Crippen LogP contribution is 2.35. The van der Waals surface area contributed by atoms with Gasteiger partial charge in [-0.05, 0) is 48.7 Å². The lowest BCUT2D eigenvalue weighted by molar-refractivity contribution is 0.220. The second-order valence-electron chi connectivity index (χ2n) is 7.60. The van der Waals surface area contributed by atoms with Crippen molar-refractivity contribution in [3.05, 3.63) is 42.0 Å². The zero-order chi connectivity index (χ0) is 23.3. The molecule has 1 heterocycles. The van der Waals surface area contributed by atoms with Crippen LogP contribution in [0.15, 0.2) is 41.3 Å². The van der Waals surface area contributed by atoms with Crippen molar-refractivity contribution in [2.24, 2.45) is 0 Å². The van der Waals surface area contributed by atoms with Crippen LogP contribution in [0.25, 0.3) is 0 Å². The zero-order valence-corrected chi connectivity index (χ0v) is 19.9. The number of anilines is 2. The number of ether oxygens (including phenoxy) is 2. The molecule has 0 atom stereocenters. The standard InChI is InChI=1S/C23H31N3O5S/c1-5-7-12-25-13-14-26(23(25)27)19-8-10-20(11-9-19)32(28,29)24-18-15-17(6-2)22(31-4)21(16-18)30-3/h8-11,15-16,24H,5-7,12-14H2,1-4H3. The molecular formula is C23H31N3O5S. The van der Waals surface area contributed by atoms with Crippen molar-refractivity contribution in [2.75, 3.05) is 43.5 Å². The highest BCUT2D eigenvalue weighted by molar-refractivity contribution is 7.92. The average molecular weight is 462 g/mol. The number of carbonyl (C=O) groups is 1. The maximum absolute atomic E-state index is 13.0. The van der Waals surface area contributed by atoms with Crippen LogP contribution in [-0.2, 0) is 16.4 Å². The van der Waals surface area contributed by atoms with Crippen LogP contribution < -0.4 is 19.1 Å². The Bertz CT molecular complexity index is 1030. The van der Waals surface area contributed by atoms with E-state index in [1.807, 2.05) is 11.8 Å². The van der Waals surface area contributed by atoms with Gasteiger partial charge in [0.1, 0.15) is 0 Å². The van der Waals surface area contributed by atoms with Crippen LogP contribution in [0.3, 0.4) is 0 Å². The van der Waals surface area contributed by atoms with E-state index in [-0.39, 0.29) is 10.9 Å². The third-order valence-electron chi connectivity index (χ3n) is 5.52. The Balaban J connectivity index is 1.78. The molecule has 1 aliphatic heterocycles. The highest BCUT2D eigenvalue weighted by atomic mass is 32.2. The van der Waals surface area contributed by atoms with Gasteiger partial charge in [-0.25, -0.2) is 13.2 Å². The molecule has 1 saturated heterocycles. The number of aryl methyl sites for hydroxylation is 1. The van der Waals surface area contributed by atoms with Gasteiger partial charge in [0.25, 0.3) is 10.0 Å². The first-order chi connectivity index (χ1) is 15.3. The first kappa shape index (κ1) is 23.7. The lowest BCUT2D eigenvalue weighted by atomic mass is 10.1. The molecule has 0 aliphatic carbocycles. The molecule has 1 N–H and O–H groups in total. The van der Waals surface area contributed by atoms with Gasteiger partial charge in [0, 0.05) is 31.4 Å². The number of hydrogen-bond acceptors (Lipinski definition) is 5. The van der Waals surface area contributed by atoms with E-state index in [1.165, 1.54) is 19.2 Å². The number of unbranched alkanes of at least 4 members (excludes halogenated alkanes) is 1. The Morgan fingerprint density at radius 1 is 1.03 bits per heavy atom. The minimum absolute atomic E-state index is 0.0374. The third kappa shape index (κ3) is 4.93. The van der Waals surface area contributed by atoms with E-state index in [9.17, 15) is 13.2 Å². The lowest BCUT2D eigenvalue weighted by Gasteiger charge is -2.19. The van der Waals surface area contributed by atoms with E-state index >= 15 is 0 Å². The van der Waals surface area contributed by atoms with Gasteiger partial charge in [0.15, 0.2) is 11.5 Å². The van der Waals surface area contributed by atoms with E-state index in [0.717, 1.165) is 24.9 Å². The van der Waals surface area contributed by atoms with Gasteiger partial charge in [-0.1, -0.05) is 20.3 Å². The normalized spacial score (nSPS) is 14.1. The number of rotatable bonds is 10. The minimum atomic E-state index is -3.82. The smallest absolute Gasteiger partial charge is 0.324 e. The van der Waals surface area contributed by atoms with Gasteiger partial charge in [0.2, 0.25) is 0 Å². The summed E-state index contributed by atoms with van der Waals surface area (Å²) in [5.41, 5.74) is 1.91. The first-order valence-corrected chi connectivity index (χ1v) is 12.3. The number of methoxy groups -OCH3 is 2. The Kier molecular flexibility index (Phi) is 7.50. The third-order valence-corrected chi connectivity index (χ3v) is 6.92. The molecule has 2 aromatic carbocycles. The van der Waals surface area contributed by atoms with Crippen LogP contribution >= 0.6 is 0 Å². The quantitative estimate of drug-likeness (QED) is 0.575. The number of sulfonamides is 1. The largest absolute Gasteiger partial charge is 0.493 e. The number of benzene rings is 2. The summed E-state index contributed by atoms with van der Waals surface area (Å²) in [6.07, 6.45) is 2.66. The van der Waals surface area contributed by atoms with Crippen LogP contribution in [0.4, 0.5) is 16.2 Å². The summed E-state index contributed by atoms with van der Waals surface area (Å²) < 4.78 is 39.3. The fourth-order valence-corrected chi connectivity index (χ4v) is 4.80. The topological polar surface area (TPSA) is 88.2 Å². The molecule has 1 fully saturated rings. The Morgan fingerprint density at radius 2 is 1.75 bits per heavy atom. The highest BCUT2D eigenvalue weighted by Gasteiger charge is 2.29. The predicted octanol–water partition coefficient (Wildman–Crippen LogP) is 4.11. The molecule has 1 aliphatic rings. The molecule has 0 spiro atoms. The summed E-state index contributed by atoms with van der Waals surface area (Å²) in [5.74, 6) is 1.05. The van der Waals surface area contributed by atoms with Crippen molar-refractivity contribution in [3.8, 4) is 11.5 Å². The van der Waals surface area contributed by atoms with Crippen molar-refractivity contribution in [2.45, 2.75) is 38.0 Å². The molecular weight excluding hydrogens is 430 g/mol. The van der Waals surface area contributed by atoms with Crippen molar-refractivity contribution in [1.82, 2.24) is 4.90 Å². The predicted molar refractivity (Wildman–Crippen MR) is 125 cm³/mol.